The van der Waals surface area contributed by atoms with Crippen LogP contribution in [0.15, 0.2) is 12.3 Å². The van der Waals surface area contributed by atoms with Gasteiger partial charge in [0.25, 0.3) is 0 Å². The van der Waals surface area contributed by atoms with Crippen molar-refractivity contribution in [2.24, 2.45) is 11.8 Å². The third-order valence-electron chi connectivity index (χ3n) is 4.12. The van der Waals surface area contributed by atoms with E-state index in [1.165, 1.54) is 19.3 Å². The predicted octanol–water partition coefficient (Wildman–Crippen LogP) is 2.78. The highest BCUT2D eigenvalue weighted by Gasteiger charge is 2.27. The number of nitrogens with one attached hydrogen (secondary N) is 1. The van der Waals surface area contributed by atoms with Crippen LogP contribution >= 0.6 is 0 Å². The SMILES string of the molecule is CC1CCCC(Nc2nccc(N(C)C)n2)C1C. The van der Waals surface area contributed by atoms with Crippen molar-refractivity contribution >= 4 is 11.8 Å². The second-order valence-corrected chi connectivity index (χ2v) is 5.65. The van der Waals surface area contributed by atoms with Gasteiger partial charge in [-0.15, -0.1) is 0 Å². The average Bonchev–Trinajstić information content (AvgIpc) is 2.35. The molecule has 0 bridgehead atoms. The minimum atomic E-state index is 0.506. The van der Waals surface area contributed by atoms with Crippen LogP contribution in [0, 0.1) is 11.8 Å². The van der Waals surface area contributed by atoms with E-state index in [0.29, 0.717) is 12.0 Å². The van der Waals surface area contributed by atoms with Crippen molar-refractivity contribution in [3.63, 3.8) is 0 Å². The zero-order chi connectivity index (χ0) is 13.1. The Kier molecular flexibility index (Phi) is 4.04. The van der Waals surface area contributed by atoms with Crippen LogP contribution < -0.4 is 10.2 Å². The van der Waals surface area contributed by atoms with Gasteiger partial charge in [-0.3, -0.25) is 0 Å². The maximum Gasteiger partial charge on any atom is 0.224 e. The summed E-state index contributed by atoms with van der Waals surface area (Å²) in [6.07, 6.45) is 5.69. The number of hydrogen-bond donors (Lipinski definition) is 1. The Morgan fingerprint density at radius 3 is 2.78 bits per heavy atom. The van der Waals surface area contributed by atoms with Gasteiger partial charge in [-0.05, 0) is 24.3 Å². The maximum absolute atomic E-state index is 4.53. The Morgan fingerprint density at radius 1 is 1.28 bits per heavy atom. The molecule has 1 aliphatic carbocycles. The Balaban J connectivity index is 2.06. The van der Waals surface area contributed by atoms with Crippen LogP contribution in [0.25, 0.3) is 0 Å². The smallest absolute Gasteiger partial charge is 0.224 e. The first-order chi connectivity index (χ1) is 8.58. The van der Waals surface area contributed by atoms with E-state index in [4.69, 9.17) is 0 Å². The molecule has 0 radical (unpaired) electrons. The molecule has 100 valence electrons. The highest BCUT2D eigenvalue weighted by atomic mass is 15.2. The van der Waals surface area contributed by atoms with Crippen LogP contribution in [0.5, 0.6) is 0 Å². The van der Waals surface area contributed by atoms with E-state index in [0.717, 1.165) is 17.7 Å². The van der Waals surface area contributed by atoms with Crippen LogP contribution in [0.2, 0.25) is 0 Å². The highest BCUT2D eigenvalue weighted by Crippen LogP contribution is 2.31. The first kappa shape index (κ1) is 13.1. The second kappa shape index (κ2) is 5.55. The fourth-order valence-electron chi connectivity index (χ4n) is 2.62. The molecule has 1 heterocycles. The minimum absolute atomic E-state index is 0.506. The molecule has 0 spiro atoms. The monoisotopic (exact) mass is 248 g/mol. The van der Waals surface area contributed by atoms with Gasteiger partial charge in [0.05, 0.1) is 0 Å². The van der Waals surface area contributed by atoms with Crippen LogP contribution in [-0.2, 0) is 0 Å². The second-order valence-electron chi connectivity index (χ2n) is 5.65. The van der Waals surface area contributed by atoms with Crippen LogP contribution in [0.1, 0.15) is 33.1 Å². The summed E-state index contributed by atoms with van der Waals surface area (Å²) in [7, 11) is 3.99. The van der Waals surface area contributed by atoms with Crippen molar-refractivity contribution in [1.29, 1.82) is 0 Å². The molecule has 2 rings (SSSR count). The summed E-state index contributed by atoms with van der Waals surface area (Å²) in [6, 6.07) is 2.43. The third-order valence-corrected chi connectivity index (χ3v) is 4.12. The maximum atomic E-state index is 4.53. The Hall–Kier alpha value is -1.32. The summed E-state index contributed by atoms with van der Waals surface area (Å²) in [4.78, 5) is 10.9. The topological polar surface area (TPSA) is 41.1 Å². The van der Waals surface area contributed by atoms with Gasteiger partial charge in [-0.1, -0.05) is 26.7 Å². The minimum Gasteiger partial charge on any atom is -0.363 e. The lowest BCUT2D eigenvalue weighted by atomic mass is 9.78. The molecule has 3 atom stereocenters. The van der Waals surface area contributed by atoms with Gasteiger partial charge in [0.1, 0.15) is 5.82 Å². The van der Waals surface area contributed by atoms with Crippen molar-refractivity contribution in [2.75, 3.05) is 24.3 Å². The van der Waals surface area contributed by atoms with Gasteiger partial charge >= 0.3 is 0 Å². The standard InChI is InChI=1S/C14H24N4/c1-10-6-5-7-12(11(10)2)16-14-15-9-8-13(17-14)18(3)4/h8-12H,5-7H2,1-4H3,(H,15,16,17). The lowest BCUT2D eigenvalue weighted by molar-refractivity contribution is 0.252. The van der Waals surface area contributed by atoms with E-state index in [1.807, 2.05) is 31.3 Å². The summed E-state index contributed by atoms with van der Waals surface area (Å²) in [5.41, 5.74) is 0. The molecule has 4 nitrogen and oxygen atoms in total. The van der Waals surface area contributed by atoms with Gasteiger partial charge in [-0.2, -0.15) is 4.98 Å². The van der Waals surface area contributed by atoms with E-state index >= 15 is 0 Å². The summed E-state index contributed by atoms with van der Waals surface area (Å²) < 4.78 is 0. The normalized spacial score (nSPS) is 27.9. The molecule has 18 heavy (non-hydrogen) atoms. The van der Waals surface area contributed by atoms with Crippen molar-refractivity contribution in [3.8, 4) is 0 Å². The van der Waals surface area contributed by atoms with E-state index in [-0.39, 0.29) is 0 Å². The van der Waals surface area contributed by atoms with Gasteiger partial charge in [0.2, 0.25) is 5.95 Å². The first-order valence-electron chi connectivity index (χ1n) is 6.85. The van der Waals surface area contributed by atoms with Crippen molar-refractivity contribution in [2.45, 2.75) is 39.2 Å². The first-order valence-corrected chi connectivity index (χ1v) is 6.85. The molecule has 1 fully saturated rings. The Morgan fingerprint density at radius 2 is 2.06 bits per heavy atom. The molecule has 1 saturated carbocycles. The molecule has 0 aliphatic heterocycles. The Labute approximate surface area is 110 Å². The quantitative estimate of drug-likeness (QED) is 0.893. The fraction of sp³-hybridized carbons (Fsp3) is 0.714. The molecule has 3 unspecified atom stereocenters. The Bertz CT molecular complexity index is 391. The van der Waals surface area contributed by atoms with Crippen LogP contribution in [0.4, 0.5) is 11.8 Å². The van der Waals surface area contributed by atoms with Gasteiger partial charge in [0.15, 0.2) is 0 Å². The lowest BCUT2D eigenvalue weighted by Gasteiger charge is -2.34. The van der Waals surface area contributed by atoms with E-state index in [9.17, 15) is 0 Å². The third kappa shape index (κ3) is 2.92. The molecular weight excluding hydrogens is 224 g/mol. The van der Waals surface area contributed by atoms with Crippen molar-refractivity contribution in [3.05, 3.63) is 12.3 Å². The average molecular weight is 248 g/mol. The highest BCUT2D eigenvalue weighted by molar-refractivity contribution is 5.41. The number of nitrogens with zero attached hydrogens (tertiary/aromatic N) is 3. The molecule has 1 aliphatic rings. The van der Waals surface area contributed by atoms with Crippen molar-refractivity contribution in [1.82, 2.24) is 9.97 Å². The predicted molar refractivity (Wildman–Crippen MR) is 75.9 cm³/mol. The molecule has 4 heteroatoms. The number of anilines is 2. The summed E-state index contributed by atoms with van der Waals surface area (Å²) in [5, 5.41) is 3.51. The molecule has 0 aromatic carbocycles. The molecule has 1 aromatic rings. The summed E-state index contributed by atoms with van der Waals surface area (Å²) in [6.45, 7) is 4.67. The molecular formula is C14H24N4. The number of aromatic nitrogens is 2. The lowest BCUT2D eigenvalue weighted by Crippen LogP contribution is -2.35. The summed E-state index contributed by atoms with van der Waals surface area (Å²) in [5.74, 6) is 3.18. The largest absolute Gasteiger partial charge is 0.363 e. The van der Waals surface area contributed by atoms with E-state index in [2.05, 4.69) is 29.1 Å². The fourth-order valence-corrected chi connectivity index (χ4v) is 2.62. The molecule has 1 N–H and O–H groups in total. The van der Waals surface area contributed by atoms with Crippen LogP contribution in [-0.4, -0.2) is 30.1 Å². The van der Waals surface area contributed by atoms with E-state index in [1.54, 1.807) is 0 Å². The van der Waals surface area contributed by atoms with Gasteiger partial charge in [0, 0.05) is 26.3 Å². The molecule has 0 amide bonds. The zero-order valence-electron chi connectivity index (χ0n) is 11.8. The molecule has 0 saturated heterocycles. The number of rotatable bonds is 3. The molecule has 1 aromatic heterocycles. The van der Waals surface area contributed by atoms with E-state index < -0.39 is 0 Å². The van der Waals surface area contributed by atoms with Gasteiger partial charge in [-0.25, -0.2) is 4.98 Å². The van der Waals surface area contributed by atoms with Crippen LogP contribution in [0.3, 0.4) is 0 Å². The number of hydrogen-bond acceptors (Lipinski definition) is 4. The zero-order valence-corrected chi connectivity index (χ0v) is 11.8. The summed E-state index contributed by atoms with van der Waals surface area (Å²) >= 11 is 0. The van der Waals surface area contributed by atoms with Crippen molar-refractivity contribution < 1.29 is 0 Å². The van der Waals surface area contributed by atoms with Gasteiger partial charge < -0.3 is 10.2 Å².